The van der Waals surface area contributed by atoms with E-state index in [2.05, 4.69) is 72.8 Å². The van der Waals surface area contributed by atoms with Crippen LogP contribution in [0.5, 0.6) is 11.5 Å². The van der Waals surface area contributed by atoms with Crippen molar-refractivity contribution >= 4 is 16.4 Å². The van der Waals surface area contributed by atoms with E-state index in [-0.39, 0.29) is 11.5 Å². The fraction of sp³-hybridized carbons (Fsp3) is 0.0645. The molecule has 0 aromatic heterocycles. The van der Waals surface area contributed by atoms with E-state index in [9.17, 15) is 10.2 Å². The second-order valence-corrected chi connectivity index (χ2v) is 14.0. The van der Waals surface area contributed by atoms with Crippen LogP contribution in [0.2, 0.25) is 0 Å². The van der Waals surface area contributed by atoms with Crippen LogP contribution in [-0.2, 0) is 21.3 Å². The Morgan fingerprint density at radius 1 is 0.500 bits per heavy atom. The van der Waals surface area contributed by atoms with Crippen molar-refractivity contribution in [3.8, 4) is 11.5 Å². The fourth-order valence-electron chi connectivity index (χ4n) is 4.18. The zero-order chi connectivity index (χ0) is 23.8. The van der Waals surface area contributed by atoms with Gasteiger partial charge in [-0.15, -0.1) is 11.5 Å². The van der Waals surface area contributed by atoms with Gasteiger partial charge in [-0.3, -0.25) is 0 Å². The van der Waals surface area contributed by atoms with E-state index in [4.69, 9.17) is 4.21 Å². The number of fused-ring (bicyclic) bond motifs is 2. The Morgan fingerprint density at radius 3 is 1.21 bits per heavy atom. The van der Waals surface area contributed by atoms with Crippen LogP contribution in [0, 0.1) is 0 Å². The largest absolute Gasteiger partial charge is 0.872 e. The van der Waals surface area contributed by atoms with E-state index in [1.54, 1.807) is 24.3 Å². The van der Waals surface area contributed by atoms with Gasteiger partial charge in [0, 0.05) is 0 Å². The third kappa shape index (κ3) is 5.98. The predicted octanol–water partition coefficient (Wildman–Crippen LogP) is 6.09. The van der Waals surface area contributed by atoms with Crippen LogP contribution in [0.1, 0.15) is 29.5 Å². The van der Waals surface area contributed by atoms with Gasteiger partial charge in [-0.1, -0.05) is 60.7 Å². The van der Waals surface area contributed by atoms with Crippen molar-refractivity contribution < 1.29 is 31.5 Å². The molecule has 0 radical (unpaired) electrons. The number of para-hydroxylation sites is 2. The third-order valence-electron chi connectivity index (χ3n) is 5.88. The first-order valence-corrected chi connectivity index (χ1v) is 15.9. The number of hydrogen-bond acceptors (Lipinski definition) is 2. The molecule has 0 heterocycles. The summed E-state index contributed by atoms with van der Waals surface area (Å²) in [4.78, 5) is 0. The minimum atomic E-state index is -1.85. The topological polar surface area (TPSA) is 46.1 Å². The smallest absolute Gasteiger partial charge is 0.0623 e. The summed E-state index contributed by atoms with van der Waals surface area (Å²) in [5.74, 6) is 0.144. The molecule has 0 amide bonds. The molecule has 166 valence electrons. The van der Waals surface area contributed by atoms with Crippen LogP contribution in [0.3, 0.4) is 0 Å². The maximum atomic E-state index is 10.3. The van der Waals surface area contributed by atoms with Gasteiger partial charge in [-0.05, 0) is 0 Å². The van der Waals surface area contributed by atoms with Gasteiger partial charge in [0.1, 0.15) is 0 Å². The Labute approximate surface area is 209 Å². The predicted molar refractivity (Wildman–Crippen MR) is 135 cm³/mol. The molecule has 3 heteroatoms. The SMILES string of the molecule is [CH2]=[Zr+2]([CH]1C=Cc2ccccc21)[CH]1C=Cc2ccccc21.[O-]c1ccccc1.[O-]c1ccccc1. The fourth-order valence-corrected chi connectivity index (χ4v) is 10.1. The van der Waals surface area contributed by atoms with Crippen LogP contribution < -0.4 is 10.2 Å². The number of benzene rings is 4. The molecule has 2 aliphatic carbocycles. The minimum absolute atomic E-state index is 0.0718. The first kappa shape index (κ1) is 23.9. The van der Waals surface area contributed by atoms with Crippen molar-refractivity contribution in [2.24, 2.45) is 0 Å². The van der Waals surface area contributed by atoms with E-state index < -0.39 is 21.3 Å². The molecule has 0 saturated carbocycles. The molecule has 0 fully saturated rings. The van der Waals surface area contributed by atoms with Gasteiger partial charge in [-0.2, -0.15) is 0 Å². The molecule has 2 unspecified atom stereocenters. The molecular weight excluding hydrogens is 496 g/mol. The van der Waals surface area contributed by atoms with Gasteiger partial charge < -0.3 is 10.2 Å². The van der Waals surface area contributed by atoms with Crippen LogP contribution in [0.4, 0.5) is 0 Å². The summed E-state index contributed by atoms with van der Waals surface area (Å²) >= 11 is -1.85. The van der Waals surface area contributed by atoms with Gasteiger partial charge in [-0.25, -0.2) is 0 Å². The Balaban J connectivity index is 0.000000160. The Kier molecular flexibility index (Phi) is 8.23. The van der Waals surface area contributed by atoms with Crippen molar-refractivity contribution in [2.45, 2.75) is 7.25 Å². The van der Waals surface area contributed by atoms with Gasteiger partial charge in [0.2, 0.25) is 0 Å². The molecule has 0 spiro atoms. The normalized spacial score (nSPS) is 16.1. The molecule has 2 nitrogen and oxygen atoms in total. The van der Waals surface area contributed by atoms with E-state index in [0.717, 1.165) is 0 Å². The molecule has 4 aromatic rings. The minimum Gasteiger partial charge on any atom is -0.872 e. The van der Waals surface area contributed by atoms with Crippen molar-refractivity contribution in [3.05, 3.63) is 144 Å². The molecule has 0 saturated heterocycles. The van der Waals surface area contributed by atoms with Gasteiger partial charge in [0.05, 0.1) is 0 Å². The number of hydrogen-bond donors (Lipinski definition) is 0. The summed E-state index contributed by atoms with van der Waals surface area (Å²) in [7, 11) is 0. The molecule has 0 bridgehead atoms. The average molecular weight is 522 g/mol. The number of rotatable bonds is 2. The second kappa shape index (κ2) is 11.7. The summed E-state index contributed by atoms with van der Waals surface area (Å²) in [5.41, 5.74) is 5.81. The number of allylic oxidation sites excluding steroid dienone is 2. The molecule has 4 aromatic carbocycles. The van der Waals surface area contributed by atoms with Crippen LogP contribution >= 0.6 is 0 Å². The first-order chi connectivity index (χ1) is 16.6. The standard InChI is InChI=1S/2C9H7.2C6H6O.CH2.Zr/c2*1-2-5-9-7-3-6-8(9)4-1;2*7-6-4-2-1-3-5-6;;/h2*1-7H;2*1-5,7H;1H2;/q;;;;;+2/p-2. The Morgan fingerprint density at radius 2 is 0.853 bits per heavy atom. The Hall–Kier alpha value is -3.29. The van der Waals surface area contributed by atoms with Crippen LogP contribution in [-0.4, -0.2) is 4.21 Å². The summed E-state index contributed by atoms with van der Waals surface area (Å²) in [6.07, 6.45) is 9.38. The maximum Gasteiger partial charge on any atom is -0.0623 e. The monoisotopic (exact) mass is 520 g/mol. The quantitative estimate of drug-likeness (QED) is 0.320. The zero-order valence-electron chi connectivity index (χ0n) is 18.9. The zero-order valence-corrected chi connectivity index (χ0v) is 21.3. The average Bonchev–Trinajstić information content (AvgIpc) is 3.50. The molecular formula is C31H26O2Zr. The molecule has 2 atom stereocenters. The maximum absolute atomic E-state index is 10.3. The van der Waals surface area contributed by atoms with Crippen LogP contribution in [0.15, 0.2) is 121 Å². The molecule has 0 aliphatic heterocycles. The van der Waals surface area contributed by atoms with Crippen molar-refractivity contribution in [3.63, 3.8) is 0 Å². The van der Waals surface area contributed by atoms with Crippen molar-refractivity contribution in [1.29, 1.82) is 0 Å². The van der Waals surface area contributed by atoms with E-state index in [0.29, 0.717) is 7.25 Å². The Bertz CT molecular complexity index is 1190. The summed E-state index contributed by atoms with van der Waals surface area (Å²) in [5, 5.41) is 20.5. The van der Waals surface area contributed by atoms with E-state index >= 15 is 0 Å². The molecule has 0 N–H and O–H groups in total. The van der Waals surface area contributed by atoms with Crippen molar-refractivity contribution in [2.75, 3.05) is 0 Å². The molecule has 34 heavy (non-hydrogen) atoms. The molecule has 2 aliphatic rings. The summed E-state index contributed by atoms with van der Waals surface area (Å²) < 4.78 is 5.93. The van der Waals surface area contributed by atoms with E-state index in [1.165, 1.54) is 46.5 Å². The molecule has 6 rings (SSSR count). The third-order valence-corrected chi connectivity index (χ3v) is 12.3. The van der Waals surface area contributed by atoms with Gasteiger partial charge in [0.15, 0.2) is 0 Å². The van der Waals surface area contributed by atoms with Gasteiger partial charge in [0.25, 0.3) is 0 Å². The van der Waals surface area contributed by atoms with Crippen LogP contribution in [0.25, 0.3) is 12.2 Å². The van der Waals surface area contributed by atoms with Crippen molar-refractivity contribution in [1.82, 2.24) is 0 Å². The summed E-state index contributed by atoms with van der Waals surface area (Å²) in [6, 6.07) is 34.2. The van der Waals surface area contributed by atoms with E-state index in [1.807, 2.05) is 12.1 Å². The first-order valence-electron chi connectivity index (χ1n) is 11.3. The van der Waals surface area contributed by atoms with Gasteiger partial charge >= 0.3 is 128 Å². The second-order valence-electron chi connectivity index (χ2n) is 8.13. The summed E-state index contributed by atoms with van der Waals surface area (Å²) in [6.45, 7) is 0.